The lowest BCUT2D eigenvalue weighted by Crippen LogP contribution is -2.31. The predicted molar refractivity (Wildman–Crippen MR) is 83.8 cm³/mol. The average molecular weight is 281 g/mol. The lowest BCUT2D eigenvalue weighted by atomic mass is 10.1. The summed E-state index contributed by atoms with van der Waals surface area (Å²) < 4.78 is 2.05. The van der Waals surface area contributed by atoms with Gasteiger partial charge in [0.1, 0.15) is 0 Å². The van der Waals surface area contributed by atoms with E-state index in [0.29, 0.717) is 6.04 Å². The highest BCUT2D eigenvalue weighted by Gasteiger charge is 2.17. The Balaban J connectivity index is 2.69. The number of rotatable bonds is 11. The van der Waals surface area contributed by atoms with Crippen molar-refractivity contribution in [2.45, 2.75) is 59.5 Å². The van der Waals surface area contributed by atoms with Crippen LogP contribution in [-0.4, -0.2) is 46.1 Å². The first-order valence-corrected chi connectivity index (χ1v) is 8.10. The second-order valence-corrected chi connectivity index (χ2v) is 5.20. The molecule has 1 N–H and O–H groups in total. The summed E-state index contributed by atoms with van der Waals surface area (Å²) in [6.07, 6.45) is 5.27. The summed E-state index contributed by atoms with van der Waals surface area (Å²) in [5.74, 6) is 0. The van der Waals surface area contributed by atoms with Crippen LogP contribution < -0.4 is 5.32 Å². The molecule has 0 aliphatic heterocycles. The minimum Gasteiger partial charge on any atom is -0.309 e. The number of aryl methyl sites for hydroxylation is 1. The molecule has 0 saturated heterocycles. The van der Waals surface area contributed by atoms with Crippen LogP contribution in [0.4, 0.5) is 0 Å². The van der Waals surface area contributed by atoms with Gasteiger partial charge in [0, 0.05) is 6.54 Å². The zero-order valence-corrected chi connectivity index (χ0v) is 13.6. The van der Waals surface area contributed by atoms with Crippen LogP contribution in [0.3, 0.4) is 0 Å². The van der Waals surface area contributed by atoms with Gasteiger partial charge in [0.25, 0.3) is 0 Å². The fraction of sp³-hybridized carbons (Fsp3) is 0.867. The van der Waals surface area contributed by atoms with Crippen molar-refractivity contribution < 1.29 is 0 Å². The first-order chi connectivity index (χ1) is 9.76. The highest BCUT2D eigenvalue weighted by molar-refractivity contribution is 5.02. The molecule has 116 valence electrons. The third-order valence-electron chi connectivity index (χ3n) is 3.71. The van der Waals surface area contributed by atoms with Gasteiger partial charge in [0.2, 0.25) is 0 Å². The van der Waals surface area contributed by atoms with Gasteiger partial charge < -0.3 is 10.2 Å². The minimum atomic E-state index is 0.358. The summed E-state index contributed by atoms with van der Waals surface area (Å²) in [7, 11) is 0. The molecule has 20 heavy (non-hydrogen) atoms. The Morgan fingerprint density at radius 1 is 1.20 bits per heavy atom. The summed E-state index contributed by atoms with van der Waals surface area (Å²) in [5, 5.41) is 12.0. The molecule has 0 spiro atoms. The summed E-state index contributed by atoms with van der Waals surface area (Å²) in [6.45, 7) is 14.2. The van der Waals surface area contributed by atoms with Crippen molar-refractivity contribution in [1.29, 1.82) is 0 Å². The van der Waals surface area contributed by atoms with Crippen molar-refractivity contribution in [1.82, 2.24) is 25.2 Å². The number of aromatic nitrogens is 3. The van der Waals surface area contributed by atoms with Crippen LogP contribution in [0.15, 0.2) is 6.20 Å². The Hall–Kier alpha value is -0.940. The van der Waals surface area contributed by atoms with E-state index < -0.39 is 0 Å². The standard InChI is InChI=1S/C15H31N5/c1-5-10-16-14(9-12-19(7-3)8-4)15-13-17-18-20(15)11-6-2/h13-14,16H,5-12H2,1-4H3. The molecule has 1 aromatic rings. The number of hydrogen-bond acceptors (Lipinski definition) is 4. The van der Waals surface area contributed by atoms with E-state index in [1.165, 1.54) is 5.69 Å². The molecule has 1 rings (SSSR count). The van der Waals surface area contributed by atoms with E-state index in [4.69, 9.17) is 0 Å². The number of hydrogen-bond donors (Lipinski definition) is 1. The third-order valence-corrected chi connectivity index (χ3v) is 3.71. The minimum absolute atomic E-state index is 0.358. The molecule has 5 nitrogen and oxygen atoms in total. The average Bonchev–Trinajstić information content (AvgIpc) is 2.92. The molecular weight excluding hydrogens is 250 g/mol. The molecule has 1 aromatic heterocycles. The molecule has 0 saturated carbocycles. The molecule has 0 aliphatic carbocycles. The second-order valence-electron chi connectivity index (χ2n) is 5.20. The smallest absolute Gasteiger partial charge is 0.0757 e. The molecule has 1 heterocycles. The van der Waals surface area contributed by atoms with Crippen molar-refractivity contribution in [2.75, 3.05) is 26.2 Å². The largest absolute Gasteiger partial charge is 0.309 e. The van der Waals surface area contributed by atoms with Crippen LogP contribution >= 0.6 is 0 Å². The molecular formula is C15H31N5. The first-order valence-electron chi connectivity index (χ1n) is 8.10. The normalized spacial score (nSPS) is 13.1. The van der Waals surface area contributed by atoms with Crippen molar-refractivity contribution in [3.63, 3.8) is 0 Å². The Bertz CT molecular complexity index is 346. The number of nitrogens with one attached hydrogen (secondary N) is 1. The van der Waals surface area contributed by atoms with E-state index in [9.17, 15) is 0 Å². The van der Waals surface area contributed by atoms with Crippen LogP contribution in [0.1, 0.15) is 58.7 Å². The van der Waals surface area contributed by atoms with E-state index in [1.54, 1.807) is 0 Å². The maximum atomic E-state index is 4.22. The zero-order valence-electron chi connectivity index (χ0n) is 13.6. The molecule has 1 atom stereocenters. The molecule has 0 fully saturated rings. The molecule has 1 unspecified atom stereocenters. The van der Waals surface area contributed by atoms with E-state index in [0.717, 1.165) is 52.0 Å². The molecule has 5 heteroatoms. The fourth-order valence-corrected chi connectivity index (χ4v) is 2.45. The van der Waals surface area contributed by atoms with Crippen molar-refractivity contribution in [2.24, 2.45) is 0 Å². The summed E-state index contributed by atoms with van der Waals surface area (Å²) in [5.41, 5.74) is 1.23. The monoisotopic (exact) mass is 281 g/mol. The summed E-state index contributed by atoms with van der Waals surface area (Å²) in [4.78, 5) is 2.47. The zero-order chi connectivity index (χ0) is 14.8. The molecule has 0 radical (unpaired) electrons. The van der Waals surface area contributed by atoms with E-state index in [-0.39, 0.29) is 0 Å². The lowest BCUT2D eigenvalue weighted by molar-refractivity contribution is 0.278. The van der Waals surface area contributed by atoms with Gasteiger partial charge in [-0.1, -0.05) is 32.9 Å². The van der Waals surface area contributed by atoms with Gasteiger partial charge in [0.05, 0.1) is 17.9 Å². The SMILES string of the molecule is CCCNC(CCN(CC)CC)c1cnnn1CCC. The quantitative estimate of drug-likeness (QED) is 0.677. The van der Waals surface area contributed by atoms with Crippen molar-refractivity contribution in [3.05, 3.63) is 11.9 Å². The highest BCUT2D eigenvalue weighted by Crippen LogP contribution is 2.16. The molecule has 0 aliphatic rings. The van der Waals surface area contributed by atoms with Gasteiger partial charge in [-0.25, -0.2) is 4.68 Å². The van der Waals surface area contributed by atoms with Gasteiger partial charge in [-0.15, -0.1) is 5.10 Å². The maximum Gasteiger partial charge on any atom is 0.0757 e. The Labute approximate surface area is 123 Å². The van der Waals surface area contributed by atoms with Crippen LogP contribution in [0.5, 0.6) is 0 Å². The van der Waals surface area contributed by atoms with Crippen LogP contribution in [0.2, 0.25) is 0 Å². The van der Waals surface area contributed by atoms with Crippen molar-refractivity contribution >= 4 is 0 Å². The van der Waals surface area contributed by atoms with Crippen molar-refractivity contribution in [3.8, 4) is 0 Å². The van der Waals surface area contributed by atoms with Gasteiger partial charge >= 0.3 is 0 Å². The van der Waals surface area contributed by atoms with Gasteiger partial charge in [-0.2, -0.15) is 0 Å². The van der Waals surface area contributed by atoms with Gasteiger partial charge in [-0.05, 0) is 45.4 Å². The predicted octanol–water partition coefficient (Wildman–Crippen LogP) is 2.46. The fourth-order valence-electron chi connectivity index (χ4n) is 2.45. The van der Waals surface area contributed by atoms with E-state index >= 15 is 0 Å². The Morgan fingerprint density at radius 3 is 2.55 bits per heavy atom. The molecule has 0 amide bonds. The second kappa shape index (κ2) is 9.88. The topological polar surface area (TPSA) is 46.0 Å². The third kappa shape index (κ3) is 5.21. The first kappa shape index (κ1) is 17.1. The Morgan fingerprint density at radius 2 is 1.95 bits per heavy atom. The Kier molecular flexibility index (Phi) is 8.46. The van der Waals surface area contributed by atoms with Crippen LogP contribution in [0.25, 0.3) is 0 Å². The van der Waals surface area contributed by atoms with E-state index in [1.807, 2.05) is 6.20 Å². The lowest BCUT2D eigenvalue weighted by Gasteiger charge is -2.24. The van der Waals surface area contributed by atoms with E-state index in [2.05, 4.69) is 52.9 Å². The van der Waals surface area contributed by atoms with Crippen LogP contribution in [-0.2, 0) is 6.54 Å². The molecule has 0 bridgehead atoms. The summed E-state index contributed by atoms with van der Waals surface area (Å²) >= 11 is 0. The van der Waals surface area contributed by atoms with Gasteiger partial charge in [-0.3, -0.25) is 0 Å². The molecule has 0 aromatic carbocycles. The van der Waals surface area contributed by atoms with Crippen LogP contribution in [0, 0.1) is 0 Å². The highest BCUT2D eigenvalue weighted by atomic mass is 15.4. The number of nitrogens with zero attached hydrogens (tertiary/aromatic N) is 4. The summed E-state index contributed by atoms with van der Waals surface area (Å²) in [6, 6.07) is 0.358. The van der Waals surface area contributed by atoms with Gasteiger partial charge in [0.15, 0.2) is 0 Å². The maximum absolute atomic E-state index is 4.22.